The van der Waals surface area contributed by atoms with Crippen LogP contribution in [0.2, 0.25) is 0 Å². The standard InChI is InChI=1S/C26H38N5O.CH2O2/c1-17(9-12-31-16-30(6)24-22(31)23(27)28-15-29-24)7-10-25(4)18(2)8-11-26(5)19(3)13-20(32)14-21(25)26;2-1-3/h9,13,15-16,18,21H,7-8,10-12,14H2,1-6H3,(H2,27,28,29);1H,(H,2,3)/q+1;/p-1/b17-9+;/t18-,21-,25+,26+;/m1./s1. The first-order valence-corrected chi connectivity index (χ1v) is 12.4. The van der Waals surface area contributed by atoms with E-state index in [9.17, 15) is 4.79 Å². The maximum Gasteiger partial charge on any atom is 0.307 e. The van der Waals surface area contributed by atoms with E-state index < -0.39 is 6.47 Å². The fraction of sp³-hybridized carbons (Fsp3) is 0.593. The van der Waals surface area contributed by atoms with Gasteiger partial charge in [-0.05, 0) is 68.3 Å². The predicted octanol–water partition coefficient (Wildman–Crippen LogP) is 2.91. The van der Waals surface area contributed by atoms with E-state index in [1.807, 2.05) is 24.0 Å². The molecule has 1 fully saturated rings. The van der Waals surface area contributed by atoms with Gasteiger partial charge < -0.3 is 15.6 Å². The SMILES string of the molecule is CC1=CC(=O)C[C@@H]2[C@@](C)(CC/C(C)=C/Cn3c[n+](C)c4ncnc(N)c43)[C@H](C)CC[C@@]12C.O=C[O-]. The van der Waals surface area contributed by atoms with Gasteiger partial charge in [0, 0.05) is 12.9 Å². The van der Waals surface area contributed by atoms with Crippen LogP contribution in [0.25, 0.3) is 11.2 Å². The maximum atomic E-state index is 12.5. The van der Waals surface area contributed by atoms with Crippen LogP contribution in [-0.2, 0) is 23.2 Å². The molecule has 0 bridgehead atoms. The number of aromatic nitrogens is 4. The molecule has 1 saturated carbocycles. The molecule has 8 nitrogen and oxygen atoms in total. The number of nitrogen functional groups attached to an aromatic ring is 1. The molecule has 2 aliphatic carbocycles. The number of hydrogen-bond acceptors (Lipinski definition) is 6. The number of nitrogens with zero attached hydrogens (tertiary/aromatic N) is 4. The number of carboxylic acid groups (broad SMARTS) is 1. The smallest absolute Gasteiger partial charge is 0.307 e. The molecule has 0 unspecified atom stereocenters. The number of carbonyl (C=O) groups is 2. The van der Waals surface area contributed by atoms with Crippen molar-refractivity contribution >= 4 is 29.2 Å². The minimum Gasteiger partial charge on any atom is -0.554 e. The Bertz CT molecular complexity index is 1170. The van der Waals surface area contributed by atoms with E-state index in [1.54, 1.807) is 0 Å². The van der Waals surface area contributed by atoms with Crippen LogP contribution in [0.5, 0.6) is 0 Å². The molecule has 0 radical (unpaired) electrons. The van der Waals surface area contributed by atoms with Crippen molar-refractivity contribution < 1.29 is 19.3 Å². The van der Waals surface area contributed by atoms with Gasteiger partial charge >= 0.3 is 5.65 Å². The number of imidazole rings is 1. The summed E-state index contributed by atoms with van der Waals surface area (Å²) in [5, 5.41) is 8.25. The molecule has 2 aromatic rings. The molecule has 190 valence electrons. The lowest BCUT2D eigenvalue weighted by Gasteiger charge is -2.57. The van der Waals surface area contributed by atoms with Crippen LogP contribution in [0, 0.1) is 22.7 Å². The van der Waals surface area contributed by atoms with Crippen molar-refractivity contribution in [1.29, 1.82) is 0 Å². The van der Waals surface area contributed by atoms with Crippen molar-refractivity contribution in [3.63, 3.8) is 0 Å². The van der Waals surface area contributed by atoms with E-state index in [2.05, 4.69) is 55.2 Å². The average Bonchev–Trinajstić information content (AvgIpc) is 3.13. The largest absolute Gasteiger partial charge is 0.554 e. The summed E-state index contributed by atoms with van der Waals surface area (Å²) >= 11 is 0. The highest BCUT2D eigenvalue weighted by Gasteiger charge is 2.54. The van der Waals surface area contributed by atoms with E-state index in [4.69, 9.17) is 15.6 Å². The fourth-order valence-electron chi connectivity index (χ4n) is 6.31. The number of anilines is 1. The molecule has 2 heterocycles. The van der Waals surface area contributed by atoms with Crippen molar-refractivity contribution in [2.24, 2.45) is 29.7 Å². The highest BCUT2D eigenvalue weighted by atomic mass is 16.3. The van der Waals surface area contributed by atoms with Gasteiger partial charge in [0.2, 0.25) is 5.52 Å². The predicted molar refractivity (Wildman–Crippen MR) is 134 cm³/mol. The Hall–Kier alpha value is -3.03. The zero-order valence-electron chi connectivity index (χ0n) is 21.9. The van der Waals surface area contributed by atoms with Crippen LogP contribution in [-0.4, -0.2) is 26.8 Å². The van der Waals surface area contributed by atoms with Crippen LogP contribution in [0.3, 0.4) is 0 Å². The monoisotopic (exact) mass is 481 g/mol. The van der Waals surface area contributed by atoms with Crippen molar-refractivity contribution in [1.82, 2.24) is 14.5 Å². The first-order chi connectivity index (χ1) is 16.5. The molecule has 4 rings (SSSR count). The van der Waals surface area contributed by atoms with Gasteiger partial charge in [-0.3, -0.25) is 9.36 Å². The van der Waals surface area contributed by atoms with E-state index in [1.165, 1.54) is 30.3 Å². The molecule has 35 heavy (non-hydrogen) atoms. The molecular formula is C27H39N5O3. The maximum absolute atomic E-state index is 12.5. The number of carbonyl (C=O) groups excluding carboxylic acids is 2. The lowest BCUT2D eigenvalue weighted by atomic mass is 9.47. The zero-order valence-corrected chi connectivity index (χ0v) is 21.9. The topological polar surface area (TPSA) is 118 Å². The van der Waals surface area contributed by atoms with Crippen LogP contribution in [0.1, 0.15) is 66.7 Å². The Kier molecular flexibility index (Phi) is 7.82. The second-order valence-electron chi connectivity index (χ2n) is 10.9. The Morgan fingerprint density at radius 2 is 2.06 bits per heavy atom. The summed E-state index contributed by atoms with van der Waals surface area (Å²) < 4.78 is 4.10. The molecule has 0 saturated heterocycles. The second kappa shape index (κ2) is 10.3. The number of allylic oxidation sites excluding steroid dienone is 4. The minimum absolute atomic E-state index is 0.156. The summed E-state index contributed by atoms with van der Waals surface area (Å²) in [4.78, 5) is 29.3. The second-order valence-corrected chi connectivity index (χ2v) is 10.9. The number of ketones is 1. The molecule has 0 spiro atoms. The minimum atomic E-state index is -0.500. The number of fused-ring (bicyclic) bond motifs is 2. The highest BCUT2D eigenvalue weighted by Crippen LogP contribution is 2.61. The first-order valence-electron chi connectivity index (χ1n) is 12.4. The summed E-state index contributed by atoms with van der Waals surface area (Å²) in [6.07, 6.45) is 13.0. The highest BCUT2D eigenvalue weighted by molar-refractivity contribution is 5.92. The normalized spacial score (nSPS) is 28.7. The van der Waals surface area contributed by atoms with Crippen molar-refractivity contribution in [3.8, 4) is 0 Å². The van der Waals surface area contributed by atoms with E-state index in [0.717, 1.165) is 30.6 Å². The molecule has 2 aliphatic rings. The van der Waals surface area contributed by atoms with Crippen molar-refractivity contribution in [2.45, 2.75) is 73.3 Å². The lowest BCUT2D eigenvalue weighted by Crippen LogP contribution is -2.50. The Labute approximate surface area is 208 Å². The summed E-state index contributed by atoms with van der Waals surface area (Å²) in [6.45, 7) is 11.9. The zero-order chi connectivity index (χ0) is 26.0. The third-order valence-corrected chi connectivity index (χ3v) is 8.93. The summed E-state index contributed by atoms with van der Waals surface area (Å²) in [7, 11) is 1.98. The van der Waals surface area contributed by atoms with Crippen molar-refractivity contribution in [3.05, 3.63) is 36.0 Å². The molecule has 0 aliphatic heterocycles. The van der Waals surface area contributed by atoms with Crippen LogP contribution >= 0.6 is 0 Å². The number of nitrogens with two attached hydrogens (primary N) is 1. The van der Waals surface area contributed by atoms with Gasteiger partial charge in [-0.15, -0.1) is 0 Å². The summed E-state index contributed by atoms with van der Waals surface area (Å²) in [5.74, 6) is 1.87. The van der Waals surface area contributed by atoms with Gasteiger partial charge in [-0.1, -0.05) is 43.0 Å². The van der Waals surface area contributed by atoms with Crippen LogP contribution in [0.4, 0.5) is 5.82 Å². The number of hydrogen-bond donors (Lipinski definition) is 1. The molecule has 4 atom stereocenters. The fourth-order valence-corrected chi connectivity index (χ4v) is 6.31. The molecule has 2 N–H and O–H groups in total. The Balaban J connectivity index is 0.00000108. The van der Waals surface area contributed by atoms with Crippen LogP contribution < -0.4 is 15.4 Å². The molecule has 0 amide bonds. The first kappa shape index (κ1) is 26.6. The number of aryl methyl sites for hydroxylation is 1. The third-order valence-electron chi connectivity index (χ3n) is 8.93. The van der Waals surface area contributed by atoms with Crippen LogP contribution in [0.15, 0.2) is 36.0 Å². The van der Waals surface area contributed by atoms with E-state index in [0.29, 0.717) is 29.9 Å². The van der Waals surface area contributed by atoms with Gasteiger partial charge in [0.25, 0.3) is 0 Å². The molecular weight excluding hydrogens is 442 g/mol. The quantitative estimate of drug-likeness (QED) is 0.399. The van der Waals surface area contributed by atoms with Gasteiger partial charge in [0.15, 0.2) is 24.3 Å². The average molecular weight is 482 g/mol. The van der Waals surface area contributed by atoms with Gasteiger partial charge in [0.05, 0.1) is 13.6 Å². The van der Waals surface area contributed by atoms with Gasteiger partial charge in [-0.25, -0.2) is 4.57 Å². The summed E-state index contributed by atoms with van der Waals surface area (Å²) in [6, 6.07) is 0. The summed E-state index contributed by atoms with van der Waals surface area (Å²) in [5.41, 5.74) is 10.8. The van der Waals surface area contributed by atoms with Crippen molar-refractivity contribution in [2.75, 3.05) is 5.73 Å². The lowest BCUT2D eigenvalue weighted by molar-refractivity contribution is -0.647. The Morgan fingerprint density at radius 3 is 2.74 bits per heavy atom. The molecule has 2 aromatic heterocycles. The molecule has 0 aromatic carbocycles. The van der Waals surface area contributed by atoms with E-state index in [-0.39, 0.29) is 10.8 Å². The van der Waals surface area contributed by atoms with E-state index >= 15 is 0 Å². The van der Waals surface area contributed by atoms with Gasteiger partial charge in [0.1, 0.15) is 0 Å². The third kappa shape index (κ3) is 5.02. The number of rotatable bonds is 5. The Morgan fingerprint density at radius 1 is 1.37 bits per heavy atom. The molecule has 8 heteroatoms. The van der Waals surface area contributed by atoms with Gasteiger partial charge in [-0.2, -0.15) is 4.98 Å².